The van der Waals surface area contributed by atoms with Crippen molar-refractivity contribution in [1.82, 2.24) is 0 Å². The molecule has 10 heavy (non-hydrogen) atoms. The van der Waals surface area contributed by atoms with Crippen molar-refractivity contribution in [2.45, 2.75) is 11.1 Å². The summed E-state index contributed by atoms with van der Waals surface area (Å²) in [6, 6.07) is 0. The van der Waals surface area contributed by atoms with Gasteiger partial charge in [0.25, 0.3) is 0 Å². The zero-order valence-corrected chi connectivity index (χ0v) is 6.04. The highest BCUT2D eigenvalue weighted by Gasteiger charge is 2.43. The maximum Gasteiger partial charge on any atom is 0.477 e. The molecular weight excluding hydrogens is 151 g/mol. The Hall–Kier alpha value is -0.255. The first-order chi connectivity index (χ1) is 4.71. The van der Waals surface area contributed by atoms with E-state index in [4.69, 9.17) is 10.0 Å². The molecule has 0 saturated carbocycles. The van der Waals surface area contributed by atoms with Crippen LogP contribution in [0.2, 0.25) is 0 Å². The van der Waals surface area contributed by atoms with Crippen LogP contribution in [0.3, 0.4) is 0 Å². The van der Waals surface area contributed by atoms with Crippen LogP contribution in [-0.4, -0.2) is 28.1 Å². The second kappa shape index (κ2) is 2.78. The highest BCUT2D eigenvalue weighted by Crippen LogP contribution is 2.35. The first kappa shape index (κ1) is 7.85. The highest BCUT2D eigenvalue weighted by molar-refractivity contribution is 8.05. The molecule has 0 aliphatic carbocycles. The highest BCUT2D eigenvalue weighted by atomic mass is 32.2. The Balaban J connectivity index is 2.70. The van der Waals surface area contributed by atoms with Crippen LogP contribution in [0.1, 0.15) is 6.42 Å². The third-order valence-electron chi connectivity index (χ3n) is 1.46. The molecule has 1 unspecified atom stereocenters. The van der Waals surface area contributed by atoms with Crippen LogP contribution in [0.5, 0.6) is 0 Å². The molecule has 5 heteroatoms. The predicted octanol–water partition coefficient (Wildman–Crippen LogP) is -0.413. The van der Waals surface area contributed by atoms with Crippen LogP contribution < -0.4 is 0 Å². The third-order valence-corrected chi connectivity index (χ3v) is 2.70. The van der Waals surface area contributed by atoms with Gasteiger partial charge in [-0.3, -0.25) is 0 Å². The minimum absolute atomic E-state index is 0.402. The summed E-state index contributed by atoms with van der Waals surface area (Å²) in [5, 5.41) is 19.2. The van der Waals surface area contributed by atoms with Crippen molar-refractivity contribution < 1.29 is 14.8 Å². The van der Waals surface area contributed by atoms with Crippen molar-refractivity contribution >= 4 is 25.2 Å². The van der Waals surface area contributed by atoms with Gasteiger partial charge in [0.15, 0.2) is 0 Å². The fourth-order valence-electron chi connectivity index (χ4n) is 0.758. The molecule has 0 radical (unpaired) electrons. The summed E-state index contributed by atoms with van der Waals surface area (Å²) in [6.45, 7) is 0. The van der Waals surface area contributed by atoms with Gasteiger partial charge in [-0.2, -0.15) is 0 Å². The lowest BCUT2D eigenvalue weighted by atomic mass is 9.71. The zero-order chi connectivity index (χ0) is 7.61. The van der Waals surface area contributed by atoms with Gasteiger partial charge in [0.2, 0.25) is 0 Å². The molecular formula is C5H7BO3S. The van der Waals surface area contributed by atoms with Crippen molar-refractivity contribution in [3.63, 3.8) is 0 Å². The van der Waals surface area contributed by atoms with Crippen molar-refractivity contribution in [1.29, 1.82) is 0 Å². The SMILES string of the molecule is O=CC1(B(O)O)CC=CS1. The Morgan fingerprint density at radius 3 is 2.60 bits per heavy atom. The summed E-state index contributed by atoms with van der Waals surface area (Å²) in [5.74, 6) is 0. The summed E-state index contributed by atoms with van der Waals surface area (Å²) >= 11 is 1.15. The summed E-state index contributed by atoms with van der Waals surface area (Å²) in [4.78, 5) is 10.4. The minimum Gasteiger partial charge on any atom is -0.426 e. The van der Waals surface area contributed by atoms with Crippen molar-refractivity contribution in [3.8, 4) is 0 Å². The smallest absolute Gasteiger partial charge is 0.426 e. The second-order valence-electron chi connectivity index (χ2n) is 2.14. The van der Waals surface area contributed by atoms with Gasteiger partial charge in [0.05, 0.1) is 0 Å². The van der Waals surface area contributed by atoms with Gasteiger partial charge in [-0.1, -0.05) is 6.08 Å². The first-order valence-corrected chi connectivity index (χ1v) is 3.74. The van der Waals surface area contributed by atoms with Crippen molar-refractivity contribution in [3.05, 3.63) is 11.5 Å². The van der Waals surface area contributed by atoms with E-state index >= 15 is 0 Å². The Morgan fingerprint density at radius 2 is 2.40 bits per heavy atom. The summed E-state index contributed by atoms with van der Waals surface area (Å²) in [6.07, 6.45) is 2.74. The Labute approximate surface area is 63.3 Å². The topological polar surface area (TPSA) is 57.5 Å². The fraction of sp³-hybridized carbons (Fsp3) is 0.400. The van der Waals surface area contributed by atoms with Gasteiger partial charge >= 0.3 is 7.12 Å². The summed E-state index contributed by atoms with van der Waals surface area (Å²) in [5.41, 5.74) is 0. The monoisotopic (exact) mass is 158 g/mol. The van der Waals surface area contributed by atoms with E-state index in [1.165, 1.54) is 0 Å². The van der Waals surface area contributed by atoms with E-state index < -0.39 is 11.8 Å². The van der Waals surface area contributed by atoms with Crippen LogP contribution in [0.15, 0.2) is 11.5 Å². The molecule has 0 amide bonds. The quantitative estimate of drug-likeness (QED) is 0.423. The standard InChI is InChI=1S/C5H7BO3S/c7-4-5(6(8)9)2-1-3-10-5/h1,3-4,8-9H,2H2. The Morgan fingerprint density at radius 1 is 1.70 bits per heavy atom. The van der Waals surface area contributed by atoms with Crippen LogP contribution in [0.25, 0.3) is 0 Å². The molecule has 1 rings (SSSR count). The average molecular weight is 158 g/mol. The van der Waals surface area contributed by atoms with Gasteiger partial charge in [0, 0.05) is 0 Å². The molecule has 54 valence electrons. The lowest BCUT2D eigenvalue weighted by Crippen LogP contribution is -2.43. The van der Waals surface area contributed by atoms with Crippen LogP contribution >= 0.6 is 11.8 Å². The Bertz CT molecular complexity index is 160. The number of aldehydes is 1. The van der Waals surface area contributed by atoms with Crippen molar-refractivity contribution in [2.75, 3.05) is 0 Å². The summed E-state index contributed by atoms with van der Waals surface area (Å²) < 4.78 is -1.03. The number of thioether (sulfide) groups is 1. The van der Waals surface area contributed by atoms with Crippen molar-refractivity contribution in [2.24, 2.45) is 0 Å². The summed E-state index contributed by atoms with van der Waals surface area (Å²) in [7, 11) is -1.56. The molecule has 0 fully saturated rings. The van der Waals surface area contributed by atoms with Crippen LogP contribution in [0.4, 0.5) is 0 Å². The molecule has 0 aromatic carbocycles. The average Bonchev–Trinajstić information content (AvgIpc) is 2.35. The molecule has 0 bridgehead atoms. The van der Waals surface area contributed by atoms with E-state index in [0.717, 1.165) is 11.8 Å². The number of rotatable bonds is 2. The second-order valence-corrected chi connectivity index (χ2v) is 3.41. The molecule has 3 nitrogen and oxygen atoms in total. The Kier molecular flexibility index (Phi) is 2.18. The molecule has 1 heterocycles. The molecule has 0 aromatic rings. The number of hydrogen-bond acceptors (Lipinski definition) is 4. The molecule has 0 spiro atoms. The maximum absolute atomic E-state index is 10.4. The molecule has 1 aliphatic rings. The number of allylic oxidation sites excluding steroid dienone is 1. The van der Waals surface area contributed by atoms with E-state index in [1.807, 2.05) is 0 Å². The fourth-order valence-corrected chi connectivity index (χ4v) is 1.57. The van der Waals surface area contributed by atoms with E-state index in [9.17, 15) is 4.79 Å². The third kappa shape index (κ3) is 1.12. The van der Waals surface area contributed by atoms with E-state index in [0.29, 0.717) is 12.7 Å². The van der Waals surface area contributed by atoms with Gasteiger partial charge < -0.3 is 14.8 Å². The van der Waals surface area contributed by atoms with Gasteiger partial charge in [0.1, 0.15) is 10.9 Å². The maximum atomic E-state index is 10.4. The normalized spacial score (nSPS) is 30.6. The van der Waals surface area contributed by atoms with E-state index in [-0.39, 0.29) is 0 Å². The number of hydrogen-bond donors (Lipinski definition) is 2. The van der Waals surface area contributed by atoms with Gasteiger partial charge in [-0.15, -0.1) is 11.8 Å². The molecule has 1 atom stereocenters. The lowest BCUT2D eigenvalue weighted by molar-refractivity contribution is -0.108. The van der Waals surface area contributed by atoms with Gasteiger partial charge in [-0.25, -0.2) is 0 Å². The van der Waals surface area contributed by atoms with E-state index in [1.54, 1.807) is 11.5 Å². The first-order valence-electron chi connectivity index (χ1n) is 2.86. The molecule has 0 saturated heterocycles. The lowest BCUT2D eigenvalue weighted by Gasteiger charge is -2.18. The van der Waals surface area contributed by atoms with E-state index in [2.05, 4.69) is 0 Å². The zero-order valence-electron chi connectivity index (χ0n) is 5.23. The van der Waals surface area contributed by atoms with Crippen LogP contribution in [0, 0.1) is 0 Å². The number of carbonyl (C=O) groups is 1. The molecule has 0 aromatic heterocycles. The number of carbonyl (C=O) groups excluding carboxylic acids is 1. The minimum atomic E-state index is -1.56. The molecule has 2 N–H and O–H groups in total. The van der Waals surface area contributed by atoms with Gasteiger partial charge in [-0.05, 0) is 11.8 Å². The molecule has 1 aliphatic heterocycles. The predicted molar refractivity (Wildman–Crippen MR) is 40.3 cm³/mol. The van der Waals surface area contributed by atoms with Crippen LogP contribution in [-0.2, 0) is 4.79 Å². The largest absolute Gasteiger partial charge is 0.477 e.